The second-order valence-electron chi connectivity index (χ2n) is 7.44. The molecule has 6 rings (SSSR count). The molecule has 7 heteroatoms. The maximum absolute atomic E-state index is 13.2. The highest BCUT2D eigenvalue weighted by Gasteiger charge is 2.15. The molecule has 0 fully saturated rings. The van der Waals surface area contributed by atoms with E-state index >= 15 is 0 Å². The van der Waals surface area contributed by atoms with Crippen LogP contribution in [0.2, 0.25) is 0 Å². The summed E-state index contributed by atoms with van der Waals surface area (Å²) in [6, 6.07) is 17.6. The van der Waals surface area contributed by atoms with Crippen molar-refractivity contribution in [2.75, 3.05) is 13.2 Å². The second-order valence-corrected chi connectivity index (χ2v) is 7.44. The van der Waals surface area contributed by atoms with Gasteiger partial charge in [0.1, 0.15) is 13.2 Å². The first-order valence-corrected chi connectivity index (χ1v) is 10.1. The molecule has 0 saturated carbocycles. The average molecular weight is 410 g/mol. The van der Waals surface area contributed by atoms with Crippen LogP contribution in [-0.4, -0.2) is 32.4 Å². The maximum Gasteiger partial charge on any atom is 0.261 e. The van der Waals surface area contributed by atoms with Crippen molar-refractivity contribution in [1.82, 2.24) is 19.2 Å². The largest absolute Gasteiger partial charge is 0.486 e. The van der Waals surface area contributed by atoms with Crippen LogP contribution in [0.4, 0.5) is 0 Å². The molecule has 0 radical (unpaired) electrons. The van der Waals surface area contributed by atoms with E-state index in [9.17, 15) is 4.79 Å². The normalized spacial score (nSPS) is 13.0. The lowest BCUT2D eigenvalue weighted by atomic mass is 10.1. The topological polar surface area (TPSA) is 70.7 Å². The lowest BCUT2D eigenvalue weighted by Gasteiger charge is -2.19. The van der Waals surface area contributed by atoms with Gasteiger partial charge in [-0.05, 0) is 29.3 Å². The summed E-state index contributed by atoms with van der Waals surface area (Å²) in [5, 5.41) is 5.03. The van der Waals surface area contributed by atoms with Gasteiger partial charge in [-0.2, -0.15) is 5.10 Å². The van der Waals surface area contributed by atoms with Gasteiger partial charge in [0.2, 0.25) is 0 Å². The van der Waals surface area contributed by atoms with Crippen LogP contribution in [0, 0.1) is 0 Å². The number of fused-ring (bicyclic) bond motifs is 4. The second kappa shape index (κ2) is 6.98. The highest BCUT2D eigenvalue weighted by atomic mass is 16.6. The van der Waals surface area contributed by atoms with E-state index in [4.69, 9.17) is 9.47 Å². The lowest BCUT2D eigenvalue weighted by molar-refractivity contribution is 0.171. The molecule has 0 saturated heterocycles. The molecule has 0 spiro atoms. The molecule has 31 heavy (non-hydrogen) atoms. The highest BCUT2D eigenvalue weighted by Crippen LogP contribution is 2.31. The van der Waals surface area contributed by atoms with Gasteiger partial charge in [-0.25, -0.2) is 9.50 Å². The molecule has 2 aromatic carbocycles. The summed E-state index contributed by atoms with van der Waals surface area (Å²) in [6.07, 6.45) is 5.23. The number of nitrogens with zero attached hydrogens (tertiary/aromatic N) is 4. The highest BCUT2D eigenvalue weighted by molar-refractivity contribution is 5.85. The van der Waals surface area contributed by atoms with Crippen LogP contribution in [0.3, 0.4) is 0 Å². The average Bonchev–Trinajstić information content (AvgIpc) is 3.26. The lowest BCUT2D eigenvalue weighted by Crippen LogP contribution is -2.21. The first-order chi connectivity index (χ1) is 15.3. The minimum absolute atomic E-state index is 0.112. The van der Waals surface area contributed by atoms with E-state index in [0.29, 0.717) is 30.9 Å². The quantitative estimate of drug-likeness (QED) is 0.455. The Morgan fingerprint density at radius 1 is 0.935 bits per heavy atom. The molecule has 0 N–H and O–H groups in total. The van der Waals surface area contributed by atoms with E-state index in [0.717, 1.165) is 33.6 Å². The molecule has 0 atom stereocenters. The number of hydrogen-bond acceptors (Lipinski definition) is 5. The Morgan fingerprint density at radius 2 is 1.77 bits per heavy atom. The van der Waals surface area contributed by atoms with Gasteiger partial charge in [0.05, 0.1) is 23.6 Å². The molecule has 0 unspecified atom stereocenters. The van der Waals surface area contributed by atoms with E-state index in [1.165, 1.54) is 0 Å². The van der Waals surface area contributed by atoms with Gasteiger partial charge in [0.15, 0.2) is 17.1 Å². The fraction of sp³-hybridized carbons (Fsp3) is 0.125. The van der Waals surface area contributed by atoms with Crippen molar-refractivity contribution in [2.45, 2.75) is 6.54 Å². The molecule has 1 aliphatic heterocycles. The van der Waals surface area contributed by atoms with Crippen LogP contribution in [0.1, 0.15) is 5.56 Å². The Kier molecular flexibility index (Phi) is 3.99. The van der Waals surface area contributed by atoms with Crippen LogP contribution in [0.5, 0.6) is 11.5 Å². The van der Waals surface area contributed by atoms with Gasteiger partial charge < -0.3 is 14.0 Å². The molecule has 1 aliphatic rings. The number of ether oxygens (including phenoxy) is 2. The van der Waals surface area contributed by atoms with Gasteiger partial charge >= 0.3 is 0 Å². The van der Waals surface area contributed by atoms with E-state index in [2.05, 4.69) is 10.1 Å². The summed E-state index contributed by atoms with van der Waals surface area (Å²) in [5.41, 5.74) is 4.28. The molecule has 152 valence electrons. The molecule has 7 nitrogen and oxygen atoms in total. The Hall–Kier alpha value is -4.13. The zero-order valence-corrected chi connectivity index (χ0v) is 16.6. The van der Waals surface area contributed by atoms with Gasteiger partial charge in [-0.15, -0.1) is 0 Å². The van der Waals surface area contributed by atoms with Gasteiger partial charge in [0.25, 0.3) is 5.56 Å². The van der Waals surface area contributed by atoms with Gasteiger partial charge in [-0.1, -0.05) is 36.4 Å². The monoisotopic (exact) mass is 410 g/mol. The van der Waals surface area contributed by atoms with Crippen LogP contribution in [0.25, 0.3) is 27.7 Å². The fourth-order valence-electron chi connectivity index (χ4n) is 3.99. The van der Waals surface area contributed by atoms with E-state index in [1.54, 1.807) is 27.7 Å². The summed E-state index contributed by atoms with van der Waals surface area (Å²) < 4.78 is 14.6. The molecule has 0 aliphatic carbocycles. The summed E-state index contributed by atoms with van der Waals surface area (Å²) in [6.45, 7) is 1.51. The molecule has 4 heterocycles. The Bertz CT molecular complexity index is 1490. The number of hydrogen-bond donors (Lipinski definition) is 0. The number of benzene rings is 2. The Balaban J connectivity index is 1.41. The number of rotatable bonds is 3. The van der Waals surface area contributed by atoms with Crippen LogP contribution in [-0.2, 0) is 6.54 Å². The molecule has 3 aromatic heterocycles. The van der Waals surface area contributed by atoms with E-state index in [-0.39, 0.29) is 5.56 Å². The standard InChI is InChI=1S/C24H18N4O3/c29-24-19-13-25-23-18(17-4-2-1-3-5-17)14-26-28(23)20(19)8-9-27(24)15-16-6-7-21-22(12-16)31-11-10-30-21/h1-9,12-14H,10-11,15H2. The third-order valence-corrected chi connectivity index (χ3v) is 5.51. The van der Waals surface area contributed by atoms with Crippen molar-refractivity contribution in [1.29, 1.82) is 0 Å². The van der Waals surface area contributed by atoms with E-state index in [1.807, 2.05) is 54.6 Å². The van der Waals surface area contributed by atoms with Crippen molar-refractivity contribution in [3.63, 3.8) is 0 Å². The van der Waals surface area contributed by atoms with Crippen molar-refractivity contribution >= 4 is 16.6 Å². The van der Waals surface area contributed by atoms with Gasteiger partial charge in [0, 0.05) is 18.0 Å². The van der Waals surface area contributed by atoms with Crippen LogP contribution in [0.15, 0.2) is 78.0 Å². The summed E-state index contributed by atoms with van der Waals surface area (Å²) in [4.78, 5) is 17.7. The van der Waals surface area contributed by atoms with E-state index < -0.39 is 0 Å². The third kappa shape index (κ3) is 2.93. The first-order valence-electron chi connectivity index (χ1n) is 10.1. The van der Waals surface area contributed by atoms with Crippen molar-refractivity contribution < 1.29 is 9.47 Å². The number of pyridine rings is 1. The van der Waals surface area contributed by atoms with Crippen LogP contribution >= 0.6 is 0 Å². The summed E-state index contributed by atoms with van der Waals surface area (Å²) >= 11 is 0. The predicted octanol–water partition coefficient (Wildman–Crippen LogP) is 3.53. The fourth-order valence-corrected chi connectivity index (χ4v) is 3.99. The third-order valence-electron chi connectivity index (χ3n) is 5.51. The SMILES string of the molecule is O=c1c2cnc3c(-c4ccccc4)cnn3c2ccn1Cc1ccc2c(c1)OCCO2. The van der Waals surface area contributed by atoms with Crippen LogP contribution < -0.4 is 15.0 Å². The minimum atomic E-state index is -0.112. The van der Waals surface area contributed by atoms with Gasteiger partial charge in [-0.3, -0.25) is 4.79 Å². The molecular weight excluding hydrogens is 392 g/mol. The molecular formula is C24H18N4O3. The predicted molar refractivity (Wildman–Crippen MR) is 117 cm³/mol. The number of aromatic nitrogens is 4. The maximum atomic E-state index is 13.2. The zero-order valence-electron chi connectivity index (χ0n) is 16.6. The van der Waals surface area contributed by atoms with Crippen molar-refractivity contribution in [2.24, 2.45) is 0 Å². The first kappa shape index (κ1) is 17.7. The molecule has 5 aromatic rings. The zero-order chi connectivity index (χ0) is 20.8. The minimum Gasteiger partial charge on any atom is -0.486 e. The molecule has 0 amide bonds. The summed E-state index contributed by atoms with van der Waals surface area (Å²) in [5.74, 6) is 1.45. The van der Waals surface area contributed by atoms with Crippen molar-refractivity contribution in [3.05, 3.63) is 89.1 Å². The van der Waals surface area contributed by atoms with Crippen molar-refractivity contribution in [3.8, 4) is 22.6 Å². The Morgan fingerprint density at radius 3 is 2.65 bits per heavy atom. The smallest absolute Gasteiger partial charge is 0.261 e. The summed E-state index contributed by atoms with van der Waals surface area (Å²) in [7, 11) is 0. The Labute approximate surface area is 177 Å². The molecule has 0 bridgehead atoms.